The molecule has 1 atom stereocenters. The molecule has 0 aliphatic heterocycles. The predicted molar refractivity (Wildman–Crippen MR) is 45.7 cm³/mol. The molecule has 1 rings (SSSR count). The Morgan fingerprint density at radius 2 is 2.00 bits per heavy atom. The Balaban J connectivity index is 2.76. The molecule has 0 saturated carbocycles. The second-order valence-electron chi connectivity index (χ2n) is 3.69. The van der Waals surface area contributed by atoms with E-state index in [0.29, 0.717) is 6.42 Å². The SMILES string of the molecule is CC(C)CC(N)c1nc(C(F)(F)F)no1. The summed E-state index contributed by atoms with van der Waals surface area (Å²) in [5.41, 5.74) is 5.59. The molecule has 4 nitrogen and oxygen atoms in total. The number of nitrogens with two attached hydrogens (primary N) is 1. The number of alkyl halides is 3. The van der Waals surface area contributed by atoms with E-state index >= 15 is 0 Å². The van der Waals surface area contributed by atoms with E-state index in [1.165, 1.54) is 0 Å². The summed E-state index contributed by atoms with van der Waals surface area (Å²) in [6.07, 6.45) is -4.08. The summed E-state index contributed by atoms with van der Waals surface area (Å²) in [6.45, 7) is 3.81. The van der Waals surface area contributed by atoms with Gasteiger partial charge in [-0.2, -0.15) is 18.2 Å². The van der Waals surface area contributed by atoms with Gasteiger partial charge in [-0.25, -0.2) is 0 Å². The first kappa shape index (κ1) is 12.0. The van der Waals surface area contributed by atoms with Gasteiger partial charge in [0, 0.05) is 0 Å². The first-order valence-corrected chi connectivity index (χ1v) is 4.47. The maximum atomic E-state index is 12.1. The predicted octanol–water partition coefficient (Wildman–Crippen LogP) is 2.13. The molecule has 0 amide bonds. The van der Waals surface area contributed by atoms with Crippen molar-refractivity contribution < 1.29 is 17.7 Å². The normalized spacial score (nSPS) is 14.6. The number of halogens is 3. The maximum absolute atomic E-state index is 12.1. The highest BCUT2D eigenvalue weighted by molar-refractivity contribution is 4.94. The largest absolute Gasteiger partial charge is 0.455 e. The standard InChI is InChI=1S/C8H12F3N3O/c1-4(2)3-5(12)6-13-7(14-15-6)8(9,10)11/h4-5H,3,12H2,1-2H3. The summed E-state index contributed by atoms with van der Waals surface area (Å²) in [4.78, 5) is 3.21. The summed E-state index contributed by atoms with van der Waals surface area (Å²) in [7, 11) is 0. The van der Waals surface area contributed by atoms with Crippen LogP contribution in [-0.2, 0) is 6.18 Å². The summed E-state index contributed by atoms with van der Waals surface area (Å²) in [5.74, 6) is -1.20. The average molecular weight is 223 g/mol. The van der Waals surface area contributed by atoms with Crippen LogP contribution in [0.15, 0.2) is 4.52 Å². The molecule has 86 valence electrons. The van der Waals surface area contributed by atoms with Crippen LogP contribution < -0.4 is 5.73 Å². The molecule has 0 spiro atoms. The fourth-order valence-electron chi connectivity index (χ4n) is 1.11. The smallest absolute Gasteiger partial charge is 0.337 e. The molecule has 0 radical (unpaired) electrons. The monoisotopic (exact) mass is 223 g/mol. The zero-order valence-electron chi connectivity index (χ0n) is 8.38. The first-order chi connectivity index (χ1) is 6.80. The molecule has 0 aliphatic carbocycles. The van der Waals surface area contributed by atoms with Gasteiger partial charge in [-0.3, -0.25) is 0 Å². The molecule has 1 aromatic rings. The maximum Gasteiger partial charge on any atom is 0.455 e. The lowest BCUT2D eigenvalue weighted by Gasteiger charge is -2.08. The second-order valence-corrected chi connectivity index (χ2v) is 3.69. The van der Waals surface area contributed by atoms with Crippen molar-refractivity contribution in [1.82, 2.24) is 10.1 Å². The molecule has 0 aliphatic rings. The molecule has 7 heteroatoms. The van der Waals surface area contributed by atoms with Crippen LogP contribution in [0.5, 0.6) is 0 Å². The van der Waals surface area contributed by atoms with Crippen molar-refractivity contribution in [2.45, 2.75) is 32.5 Å². The lowest BCUT2D eigenvalue weighted by atomic mass is 10.0. The van der Waals surface area contributed by atoms with Crippen LogP contribution >= 0.6 is 0 Å². The Morgan fingerprint density at radius 3 is 2.40 bits per heavy atom. The van der Waals surface area contributed by atoms with Crippen molar-refractivity contribution in [3.63, 3.8) is 0 Å². The minimum atomic E-state index is -4.58. The van der Waals surface area contributed by atoms with E-state index in [2.05, 4.69) is 14.7 Å². The van der Waals surface area contributed by atoms with E-state index in [4.69, 9.17) is 5.73 Å². The van der Waals surface area contributed by atoms with Crippen molar-refractivity contribution in [3.8, 4) is 0 Å². The second kappa shape index (κ2) is 4.18. The molecule has 1 aromatic heterocycles. The van der Waals surface area contributed by atoms with Gasteiger partial charge in [0.25, 0.3) is 5.82 Å². The molecule has 0 fully saturated rings. The summed E-state index contributed by atoms with van der Waals surface area (Å²) in [5, 5.41) is 2.82. The van der Waals surface area contributed by atoms with Gasteiger partial charge < -0.3 is 10.3 Å². The van der Waals surface area contributed by atoms with Crippen LogP contribution in [-0.4, -0.2) is 10.1 Å². The Kier molecular flexibility index (Phi) is 3.33. The molecular formula is C8H12F3N3O. The van der Waals surface area contributed by atoms with Gasteiger partial charge in [0.1, 0.15) is 0 Å². The third-order valence-electron chi connectivity index (χ3n) is 1.74. The number of hydrogen-bond donors (Lipinski definition) is 1. The lowest BCUT2D eigenvalue weighted by molar-refractivity contribution is -0.146. The van der Waals surface area contributed by atoms with Crippen molar-refractivity contribution >= 4 is 0 Å². The van der Waals surface area contributed by atoms with Gasteiger partial charge in [0.2, 0.25) is 5.89 Å². The summed E-state index contributed by atoms with van der Waals surface area (Å²) < 4.78 is 40.8. The van der Waals surface area contributed by atoms with Crippen LogP contribution in [0.25, 0.3) is 0 Å². The fourth-order valence-corrected chi connectivity index (χ4v) is 1.11. The van der Waals surface area contributed by atoms with Gasteiger partial charge in [-0.05, 0) is 12.3 Å². The third kappa shape index (κ3) is 3.19. The van der Waals surface area contributed by atoms with Crippen LogP contribution in [0.3, 0.4) is 0 Å². The minimum Gasteiger partial charge on any atom is -0.337 e. The van der Waals surface area contributed by atoms with E-state index in [1.54, 1.807) is 0 Å². The van der Waals surface area contributed by atoms with E-state index in [1.807, 2.05) is 13.8 Å². The van der Waals surface area contributed by atoms with Crippen molar-refractivity contribution in [1.29, 1.82) is 0 Å². The van der Waals surface area contributed by atoms with Crippen molar-refractivity contribution in [2.75, 3.05) is 0 Å². The van der Waals surface area contributed by atoms with Gasteiger partial charge in [-0.15, -0.1) is 0 Å². The number of nitrogens with zero attached hydrogens (tertiary/aromatic N) is 2. The molecule has 2 N–H and O–H groups in total. The zero-order valence-corrected chi connectivity index (χ0v) is 8.38. The van der Waals surface area contributed by atoms with Crippen molar-refractivity contribution in [2.24, 2.45) is 11.7 Å². The van der Waals surface area contributed by atoms with Crippen LogP contribution in [0, 0.1) is 5.92 Å². The molecule has 0 bridgehead atoms. The highest BCUT2D eigenvalue weighted by Gasteiger charge is 2.37. The van der Waals surface area contributed by atoms with Crippen LogP contribution in [0.4, 0.5) is 13.2 Å². The number of hydrogen-bond acceptors (Lipinski definition) is 4. The highest BCUT2D eigenvalue weighted by Crippen LogP contribution is 2.27. The van der Waals surface area contributed by atoms with E-state index in [9.17, 15) is 13.2 Å². The number of rotatable bonds is 3. The summed E-state index contributed by atoms with van der Waals surface area (Å²) >= 11 is 0. The first-order valence-electron chi connectivity index (χ1n) is 4.47. The van der Waals surface area contributed by atoms with E-state index in [0.717, 1.165) is 0 Å². The molecule has 1 heterocycles. The quantitative estimate of drug-likeness (QED) is 0.852. The fraction of sp³-hybridized carbons (Fsp3) is 0.750. The van der Waals surface area contributed by atoms with Crippen LogP contribution in [0.2, 0.25) is 0 Å². The Hall–Kier alpha value is -1.11. The molecule has 15 heavy (non-hydrogen) atoms. The Bertz CT molecular complexity index is 321. The lowest BCUT2D eigenvalue weighted by Crippen LogP contribution is -2.14. The van der Waals surface area contributed by atoms with E-state index in [-0.39, 0.29) is 11.8 Å². The van der Waals surface area contributed by atoms with E-state index < -0.39 is 18.0 Å². The molecule has 0 aromatic carbocycles. The average Bonchev–Trinajstić information content (AvgIpc) is 2.48. The van der Waals surface area contributed by atoms with Gasteiger partial charge in [0.15, 0.2) is 0 Å². The van der Waals surface area contributed by atoms with Gasteiger partial charge >= 0.3 is 6.18 Å². The molecule has 1 unspecified atom stereocenters. The molecule has 0 saturated heterocycles. The summed E-state index contributed by atoms with van der Waals surface area (Å²) in [6, 6.07) is -0.645. The number of aromatic nitrogens is 2. The van der Waals surface area contributed by atoms with Gasteiger partial charge in [0.05, 0.1) is 6.04 Å². The molecular weight excluding hydrogens is 211 g/mol. The third-order valence-corrected chi connectivity index (χ3v) is 1.74. The minimum absolute atomic E-state index is 0.170. The highest BCUT2D eigenvalue weighted by atomic mass is 19.4. The van der Waals surface area contributed by atoms with Crippen LogP contribution in [0.1, 0.15) is 38.0 Å². The van der Waals surface area contributed by atoms with Gasteiger partial charge in [-0.1, -0.05) is 19.0 Å². The Morgan fingerprint density at radius 1 is 1.40 bits per heavy atom. The van der Waals surface area contributed by atoms with Crippen molar-refractivity contribution in [3.05, 3.63) is 11.7 Å². The topological polar surface area (TPSA) is 64.9 Å². The Labute approximate surface area is 84.6 Å². The zero-order chi connectivity index (χ0) is 11.6.